The number of piperazine rings is 1. The Labute approximate surface area is 114 Å². The summed E-state index contributed by atoms with van der Waals surface area (Å²) in [5.41, 5.74) is 0. The zero-order valence-electron chi connectivity index (χ0n) is 11.3. The summed E-state index contributed by atoms with van der Waals surface area (Å²) >= 11 is 1.78. The van der Waals surface area contributed by atoms with Crippen LogP contribution in [0.2, 0.25) is 0 Å². The molecular formula is C14H23N3S. The second kappa shape index (κ2) is 5.27. The lowest BCUT2D eigenvalue weighted by Gasteiger charge is -2.42. The summed E-state index contributed by atoms with van der Waals surface area (Å²) < 4.78 is 0. The number of nitrogens with one attached hydrogen (secondary N) is 1. The van der Waals surface area contributed by atoms with Crippen LogP contribution in [0.4, 0.5) is 0 Å². The van der Waals surface area contributed by atoms with Crippen molar-refractivity contribution in [2.45, 2.75) is 45.3 Å². The molecule has 4 heteroatoms. The summed E-state index contributed by atoms with van der Waals surface area (Å²) in [6.07, 6.45) is 4.77. The topological polar surface area (TPSA) is 28.2 Å². The Bertz CT molecular complexity index is 372. The van der Waals surface area contributed by atoms with E-state index in [2.05, 4.69) is 34.4 Å². The number of hydrogen-bond donors (Lipinski definition) is 1. The van der Waals surface area contributed by atoms with Gasteiger partial charge in [0.2, 0.25) is 0 Å². The van der Waals surface area contributed by atoms with Crippen molar-refractivity contribution < 1.29 is 0 Å². The van der Waals surface area contributed by atoms with Gasteiger partial charge in [-0.3, -0.25) is 4.90 Å². The standard InChI is InChI=1S/C14H23N3S/c1-10(2)13-7-16-12(11-3-4-11)8-17(13)9-14-15-5-6-18-14/h5-6,10-13,16H,3-4,7-9H2,1-2H3. The smallest absolute Gasteiger partial charge is 0.107 e. The molecule has 2 unspecified atom stereocenters. The summed E-state index contributed by atoms with van der Waals surface area (Å²) in [7, 11) is 0. The van der Waals surface area contributed by atoms with Gasteiger partial charge in [0.1, 0.15) is 5.01 Å². The van der Waals surface area contributed by atoms with E-state index in [0.29, 0.717) is 12.0 Å². The molecule has 1 saturated carbocycles. The van der Waals surface area contributed by atoms with Crippen LogP contribution >= 0.6 is 11.3 Å². The first-order chi connectivity index (χ1) is 8.74. The molecule has 3 nitrogen and oxygen atoms in total. The molecule has 18 heavy (non-hydrogen) atoms. The monoisotopic (exact) mass is 265 g/mol. The molecule has 1 N–H and O–H groups in total. The molecule has 2 fully saturated rings. The number of aromatic nitrogens is 1. The van der Waals surface area contributed by atoms with Crippen molar-refractivity contribution in [1.82, 2.24) is 15.2 Å². The molecule has 1 aromatic heterocycles. The van der Waals surface area contributed by atoms with Gasteiger partial charge in [-0.1, -0.05) is 13.8 Å². The minimum Gasteiger partial charge on any atom is -0.311 e. The lowest BCUT2D eigenvalue weighted by atomic mass is 9.97. The normalized spacial score (nSPS) is 29.9. The molecule has 2 atom stereocenters. The van der Waals surface area contributed by atoms with Gasteiger partial charge in [-0.2, -0.15) is 0 Å². The van der Waals surface area contributed by atoms with Gasteiger partial charge in [0, 0.05) is 36.8 Å². The van der Waals surface area contributed by atoms with Crippen LogP contribution in [0.5, 0.6) is 0 Å². The van der Waals surface area contributed by atoms with Crippen LogP contribution in [0.15, 0.2) is 11.6 Å². The predicted molar refractivity (Wildman–Crippen MR) is 75.7 cm³/mol. The summed E-state index contributed by atoms with van der Waals surface area (Å²) in [5.74, 6) is 1.65. The largest absolute Gasteiger partial charge is 0.311 e. The van der Waals surface area contributed by atoms with Crippen molar-refractivity contribution >= 4 is 11.3 Å². The molecule has 2 heterocycles. The maximum absolute atomic E-state index is 4.45. The third-order valence-corrected chi connectivity index (χ3v) is 5.04. The fraction of sp³-hybridized carbons (Fsp3) is 0.786. The van der Waals surface area contributed by atoms with E-state index in [9.17, 15) is 0 Å². The zero-order chi connectivity index (χ0) is 12.5. The van der Waals surface area contributed by atoms with Crippen molar-refractivity contribution in [1.29, 1.82) is 0 Å². The third-order valence-electron chi connectivity index (χ3n) is 4.27. The Balaban J connectivity index is 1.68. The molecule has 1 aliphatic heterocycles. The van der Waals surface area contributed by atoms with Crippen LogP contribution in [-0.4, -0.2) is 35.1 Å². The van der Waals surface area contributed by atoms with Crippen LogP contribution in [0.25, 0.3) is 0 Å². The van der Waals surface area contributed by atoms with Gasteiger partial charge in [0.25, 0.3) is 0 Å². The van der Waals surface area contributed by atoms with E-state index in [1.807, 2.05) is 6.20 Å². The van der Waals surface area contributed by atoms with Crippen molar-refractivity contribution in [2.24, 2.45) is 11.8 Å². The van der Waals surface area contributed by atoms with E-state index in [1.54, 1.807) is 11.3 Å². The SMILES string of the molecule is CC(C)C1CNC(C2CC2)CN1Cc1nccs1. The Morgan fingerprint density at radius 3 is 2.94 bits per heavy atom. The molecule has 100 valence electrons. The fourth-order valence-corrected chi connectivity index (χ4v) is 3.65. The molecule has 1 saturated heterocycles. The third kappa shape index (κ3) is 2.76. The number of nitrogens with zero attached hydrogens (tertiary/aromatic N) is 2. The van der Waals surface area contributed by atoms with Gasteiger partial charge in [-0.15, -0.1) is 11.3 Å². The van der Waals surface area contributed by atoms with Gasteiger partial charge in [0.15, 0.2) is 0 Å². The molecular weight excluding hydrogens is 242 g/mol. The summed E-state index contributed by atoms with van der Waals surface area (Å²) in [6.45, 7) is 8.04. The first kappa shape index (κ1) is 12.6. The van der Waals surface area contributed by atoms with Crippen molar-refractivity contribution in [3.05, 3.63) is 16.6 Å². The number of rotatable bonds is 4. The molecule has 0 aromatic carbocycles. The summed E-state index contributed by atoms with van der Waals surface area (Å²) in [5, 5.41) is 7.11. The first-order valence-electron chi connectivity index (χ1n) is 7.10. The van der Waals surface area contributed by atoms with Gasteiger partial charge in [-0.25, -0.2) is 4.98 Å². The molecule has 1 aliphatic carbocycles. The maximum Gasteiger partial charge on any atom is 0.107 e. The Morgan fingerprint density at radius 2 is 2.33 bits per heavy atom. The molecule has 0 bridgehead atoms. The quantitative estimate of drug-likeness (QED) is 0.906. The van der Waals surface area contributed by atoms with Crippen molar-refractivity contribution in [3.63, 3.8) is 0 Å². The first-order valence-corrected chi connectivity index (χ1v) is 7.98. The second-order valence-electron chi connectivity index (χ2n) is 6.02. The predicted octanol–water partition coefficient (Wildman–Crippen LogP) is 2.35. The Kier molecular flexibility index (Phi) is 3.68. The van der Waals surface area contributed by atoms with Gasteiger partial charge in [0.05, 0.1) is 6.54 Å². The van der Waals surface area contributed by atoms with E-state index in [0.717, 1.165) is 25.0 Å². The Morgan fingerprint density at radius 1 is 1.50 bits per heavy atom. The molecule has 3 rings (SSSR count). The minimum absolute atomic E-state index is 0.656. The highest BCUT2D eigenvalue weighted by atomic mass is 32.1. The molecule has 0 radical (unpaired) electrons. The zero-order valence-corrected chi connectivity index (χ0v) is 12.1. The highest BCUT2D eigenvalue weighted by Gasteiger charge is 2.37. The van der Waals surface area contributed by atoms with E-state index < -0.39 is 0 Å². The average Bonchev–Trinajstić information content (AvgIpc) is 3.08. The summed E-state index contributed by atoms with van der Waals surface area (Å²) in [6, 6.07) is 1.38. The van der Waals surface area contributed by atoms with E-state index in [-0.39, 0.29) is 0 Å². The van der Waals surface area contributed by atoms with Crippen molar-refractivity contribution in [2.75, 3.05) is 13.1 Å². The van der Waals surface area contributed by atoms with E-state index >= 15 is 0 Å². The highest BCUT2D eigenvalue weighted by Crippen LogP contribution is 2.35. The number of thiazole rings is 1. The molecule has 1 aromatic rings. The van der Waals surface area contributed by atoms with Gasteiger partial charge >= 0.3 is 0 Å². The van der Waals surface area contributed by atoms with Gasteiger partial charge < -0.3 is 5.32 Å². The molecule has 0 spiro atoms. The van der Waals surface area contributed by atoms with Crippen LogP contribution in [0, 0.1) is 11.8 Å². The summed E-state index contributed by atoms with van der Waals surface area (Å²) in [4.78, 5) is 7.10. The second-order valence-corrected chi connectivity index (χ2v) is 7.00. The van der Waals surface area contributed by atoms with Crippen LogP contribution < -0.4 is 5.32 Å². The average molecular weight is 265 g/mol. The van der Waals surface area contributed by atoms with Crippen LogP contribution in [0.3, 0.4) is 0 Å². The Hall–Kier alpha value is -0.450. The lowest BCUT2D eigenvalue weighted by molar-refractivity contribution is 0.0851. The molecule has 0 amide bonds. The van der Waals surface area contributed by atoms with Crippen LogP contribution in [-0.2, 0) is 6.54 Å². The number of hydrogen-bond acceptors (Lipinski definition) is 4. The van der Waals surface area contributed by atoms with Crippen LogP contribution in [0.1, 0.15) is 31.7 Å². The van der Waals surface area contributed by atoms with E-state index in [4.69, 9.17) is 0 Å². The maximum atomic E-state index is 4.45. The van der Waals surface area contributed by atoms with Crippen molar-refractivity contribution in [3.8, 4) is 0 Å². The van der Waals surface area contributed by atoms with Gasteiger partial charge in [-0.05, 0) is 24.7 Å². The minimum atomic E-state index is 0.656. The van der Waals surface area contributed by atoms with E-state index in [1.165, 1.54) is 24.4 Å². The fourth-order valence-electron chi connectivity index (χ4n) is 3.01. The highest BCUT2D eigenvalue weighted by molar-refractivity contribution is 7.09. The lowest BCUT2D eigenvalue weighted by Crippen LogP contribution is -2.58. The molecule has 2 aliphatic rings.